The number of ether oxygens (including phenoxy) is 1. The molecule has 1 aliphatic heterocycles. The van der Waals surface area contributed by atoms with Crippen molar-refractivity contribution in [1.82, 2.24) is 19.7 Å². The molecule has 0 aliphatic carbocycles. The lowest BCUT2D eigenvalue weighted by Gasteiger charge is -2.22. The van der Waals surface area contributed by atoms with Crippen LogP contribution in [0.5, 0.6) is 11.5 Å². The lowest BCUT2D eigenvalue weighted by molar-refractivity contribution is 0.481. The molecule has 7 heteroatoms. The molecule has 226 valence electrons. The molecule has 7 rings (SSSR count). The molecule has 0 spiro atoms. The monoisotopic (exact) mass is 594 g/mol. The molecule has 0 bridgehead atoms. The number of para-hydroxylation sites is 2. The van der Waals surface area contributed by atoms with Gasteiger partial charge in [-0.15, -0.1) is 0 Å². The first kappa shape index (κ1) is 28.6. The van der Waals surface area contributed by atoms with Gasteiger partial charge in [-0.1, -0.05) is 50.6 Å². The van der Waals surface area contributed by atoms with Gasteiger partial charge < -0.3 is 14.5 Å². The molecular formula is C38H38N6O. The molecule has 7 nitrogen and oxygen atoms in total. The normalized spacial score (nSPS) is 13.0. The zero-order valence-electron chi connectivity index (χ0n) is 27.0. The molecule has 0 amide bonds. The number of aryl methyl sites for hydroxylation is 3. The molecule has 0 atom stereocenters. The second-order valence-corrected chi connectivity index (χ2v) is 13.1. The van der Waals surface area contributed by atoms with Gasteiger partial charge in [-0.2, -0.15) is 5.10 Å². The molecule has 0 N–H and O–H groups in total. The predicted molar refractivity (Wildman–Crippen MR) is 183 cm³/mol. The minimum Gasteiger partial charge on any atom is -0.456 e. The number of aromatic nitrogens is 4. The van der Waals surface area contributed by atoms with Gasteiger partial charge in [0.25, 0.3) is 0 Å². The van der Waals surface area contributed by atoms with Gasteiger partial charge in [-0.3, -0.25) is 0 Å². The topological polar surface area (TPSA) is 59.3 Å². The number of hydrogen-bond acceptors (Lipinski definition) is 6. The summed E-state index contributed by atoms with van der Waals surface area (Å²) in [5, 5.41) is 4.64. The van der Waals surface area contributed by atoms with Crippen LogP contribution in [0, 0.1) is 20.8 Å². The quantitative estimate of drug-likeness (QED) is 0.198. The Hall–Kier alpha value is -5.17. The van der Waals surface area contributed by atoms with Gasteiger partial charge in [0.05, 0.1) is 36.0 Å². The van der Waals surface area contributed by atoms with Crippen molar-refractivity contribution in [3.8, 4) is 28.4 Å². The lowest BCUT2D eigenvalue weighted by atomic mass is 9.88. The Morgan fingerprint density at radius 3 is 2.29 bits per heavy atom. The number of benzene rings is 3. The Balaban J connectivity index is 1.32. The fraction of sp³-hybridized carbons (Fsp3) is 0.237. The van der Waals surface area contributed by atoms with Gasteiger partial charge in [0.1, 0.15) is 17.0 Å². The van der Waals surface area contributed by atoms with Crippen molar-refractivity contribution in [2.45, 2.75) is 47.0 Å². The first-order valence-electron chi connectivity index (χ1n) is 15.3. The number of anilines is 3. The summed E-state index contributed by atoms with van der Waals surface area (Å²) < 4.78 is 8.48. The summed E-state index contributed by atoms with van der Waals surface area (Å²) in [6.07, 6.45) is 5.38. The molecule has 3 aromatic carbocycles. The number of nitrogens with zero attached hydrogens (tertiary/aromatic N) is 6. The van der Waals surface area contributed by atoms with Gasteiger partial charge >= 0.3 is 0 Å². The largest absolute Gasteiger partial charge is 0.456 e. The third-order valence-electron chi connectivity index (χ3n) is 8.57. The van der Waals surface area contributed by atoms with Crippen molar-refractivity contribution < 1.29 is 4.74 Å². The van der Waals surface area contributed by atoms with Crippen molar-refractivity contribution >= 4 is 28.1 Å². The van der Waals surface area contributed by atoms with Crippen molar-refractivity contribution in [3.05, 3.63) is 114 Å². The van der Waals surface area contributed by atoms with E-state index in [0.717, 1.165) is 40.5 Å². The Morgan fingerprint density at radius 2 is 1.53 bits per heavy atom. The minimum absolute atomic E-state index is 0.00525. The first-order chi connectivity index (χ1) is 21.5. The summed E-state index contributed by atoms with van der Waals surface area (Å²) in [6, 6.07) is 25.7. The van der Waals surface area contributed by atoms with E-state index in [9.17, 15) is 0 Å². The van der Waals surface area contributed by atoms with Crippen LogP contribution in [0.2, 0.25) is 0 Å². The van der Waals surface area contributed by atoms with Crippen LogP contribution in [-0.4, -0.2) is 33.5 Å². The number of rotatable bonds is 5. The molecule has 6 aromatic rings. The van der Waals surface area contributed by atoms with Gasteiger partial charge in [0, 0.05) is 31.1 Å². The van der Waals surface area contributed by atoms with Crippen molar-refractivity contribution in [2.24, 2.45) is 0 Å². The van der Waals surface area contributed by atoms with Crippen LogP contribution in [0.1, 0.15) is 43.0 Å². The van der Waals surface area contributed by atoms with E-state index in [1.54, 1.807) is 12.4 Å². The smallest absolute Gasteiger partial charge is 0.154 e. The molecule has 0 fully saturated rings. The second kappa shape index (κ2) is 10.8. The van der Waals surface area contributed by atoms with Crippen LogP contribution in [0.15, 0.2) is 91.4 Å². The third kappa shape index (κ3) is 5.29. The fourth-order valence-corrected chi connectivity index (χ4v) is 6.44. The molecule has 45 heavy (non-hydrogen) atoms. The van der Waals surface area contributed by atoms with Crippen molar-refractivity contribution in [1.29, 1.82) is 0 Å². The van der Waals surface area contributed by atoms with E-state index in [1.807, 2.05) is 16.9 Å². The average Bonchev–Trinajstić information content (AvgIpc) is 3.57. The Kier molecular flexibility index (Phi) is 6.84. The van der Waals surface area contributed by atoms with Crippen LogP contribution < -0.4 is 14.5 Å². The molecule has 0 radical (unpaired) electrons. The van der Waals surface area contributed by atoms with E-state index in [4.69, 9.17) is 9.72 Å². The van der Waals surface area contributed by atoms with E-state index in [2.05, 4.69) is 135 Å². The minimum atomic E-state index is -0.00525. The molecule has 0 saturated carbocycles. The highest BCUT2D eigenvalue weighted by molar-refractivity contribution is 5.85. The highest BCUT2D eigenvalue weighted by atomic mass is 16.5. The van der Waals surface area contributed by atoms with E-state index in [1.165, 1.54) is 39.2 Å². The Morgan fingerprint density at radius 1 is 0.778 bits per heavy atom. The maximum atomic E-state index is 6.64. The zero-order chi connectivity index (χ0) is 31.5. The zero-order valence-corrected chi connectivity index (χ0v) is 27.0. The third-order valence-corrected chi connectivity index (χ3v) is 8.57. The number of fused-ring (bicyclic) bond motifs is 2. The molecule has 1 aliphatic rings. The van der Waals surface area contributed by atoms with E-state index < -0.39 is 0 Å². The predicted octanol–water partition coefficient (Wildman–Crippen LogP) is 9.04. The van der Waals surface area contributed by atoms with Crippen molar-refractivity contribution in [2.75, 3.05) is 23.5 Å². The van der Waals surface area contributed by atoms with Crippen molar-refractivity contribution in [3.63, 3.8) is 0 Å². The Labute approximate surface area is 264 Å². The summed E-state index contributed by atoms with van der Waals surface area (Å²) in [5.74, 6) is 2.13. The molecule has 4 heterocycles. The molecular weight excluding hydrogens is 556 g/mol. The summed E-state index contributed by atoms with van der Waals surface area (Å²) in [6.45, 7) is 13.9. The Bertz CT molecular complexity index is 2050. The van der Waals surface area contributed by atoms with Gasteiger partial charge in [-0.25, -0.2) is 14.6 Å². The van der Waals surface area contributed by atoms with Crippen LogP contribution in [0.25, 0.3) is 28.0 Å². The van der Waals surface area contributed by atoms with E-state index >= 15 is 0 Å². The van der Waals surface area contributed by atoms with Crippen LogP contribution in [-0.2, 0) is 5.41 Å². The second-order valence-electron chi connectivity index (χ2n) is 13.1. The van der Waals surface area contributed by atoms with Crippen LogP contribution in [0.4, 0.5) is 17.1 Å². The van der Waals surface area contributed by atoms with Crippen LogP contribution in [0.3, 0.4) is 0 Å². The summed E-state index contributed by atoms with van der Waals surface area (Å²) in [4.78, 5) is 13.9. The molecule has 3 aromatic heterocycles. The number of hydrogen-bond donors (Lipinski definition) is 0. The lowest BCUT2D eigenvalue weighted by Crippen LogP contribution is -2.24. The van der Waals surface area contributed by atoms with E-state index in [0.29, 0.717) is 5.75 Å². The molecule has 0 saturated heterocycles. The SMILES string of the molecule is Cc1cc(C)c(-c2cc(Oc3cnc4cnn(-c5cc(C(C)(C)C)ccn5)c4c3)cc(N3CN(C)c4ccccc43)c2)c(C)c1. The molecule has 0 unspecified atom stereocenters. The standard InChI is InChI=1S/C38H38N6O/c1-24-14-25(2)37(26(3)15-24)27-16-29(43-23-42(7)33-10-8-9-11-34(33)43)19-30(17-27)45-31-20-35-32(40-21-31)22-41-44(35)36-18-28(12-13-39-36)38(4,5)6/h8-22H,23H2,1-7H3. The number of pyridine rings is 2. The first-order valence-corrected chi connectivity index (χ1v) is 15.3. The summed E-state index contributed by atoms with van der Waals surface area (Å²) in [5.41, 5.74) is 12.3. The van der Waals surface area contributed by atoms with Gasteiger partial charge in [0.15, 0.2) is 5.82 Å². The summed E-state index contributed by atoms with van der Waals surface area (Å²) >= 11 is 0. The highest BCUT2D eigenvalue weighted by Crippen LogP contribution is 2.43. The fourth-order valence-electron chi connectivity index (χ4n) is 6.44. The maximum absolute atomic E-state index is 6.64. The van der Waals surface area contributed by atoms with Gasteiger partial charge in [0.2, 0.25) is 0 Å². The summed E-state index contributed by atoms with van der Waals surface area (Å²) in [7, 11) is 2.13. The van der Waals surface area contributed by atoms with E-state index in [-0.39, 0.29) is 5.41 Å². The van der Waals surface area contributed by atoms with Crippen LogP contribution >= 0.6 is 0 Å². The maximum Gasteiger partial charge on any atom is 0.154 e. The average molecular weight is 595 g/mol. The van der Waals surface area contributed by atoms with Gasteiger partial charge in [-0.05, 0) is 90.4 Å². The highest BCUT2D eigenvalue weighted by Gasteiger charge is 2.25.